The first-order valence-electron chi connectivity index (χ1n) is 6.53. The quantitative estimate of drug-likeness (QED) is 0.788. The lowest BCUT2D eigenvalue weighted by Crippen LogP contribution is -2.05. The van der Waals surface area contributed by atoms with Gasteiger partial charge in [-0.15, -0.1) is 0 Å². The van der Waals surface area contributed by atoms with Gasteiger partial charge in [0, 0.05) is 17.2 Å². The Morgan fingerprint density at radius 2 is 1.82 bits per heavy atom. The second-order valence-corrected chi connectivity index (χ2v) is 4.69. The average Bonchev–Trinajstić information content (AvgIpc) is 2.55. The van der Waals surface area contributed by atoms with Crippen molar-refractivity contribution >= 4 is 0 Å². The number of H-pyrrole nitrogens is 1. The molecule has 3 aromatic rings. The highest BCUT2D eigenvalue weighted by Crippen LogP contribution is 2.28. The van der Waals surface area contributed by atoms with E-state index in [0.29, 0.717) is 16.7 Å². The van der Waals surface area contributed by atoms with Crippen molar-refractivity contribution in [2.24, 2.45) is 0 Å². The van der Waals surface area contributed by atoms with Gasteiger partial charge >= 0.3 is 0 Å². The van der Waals surface area contributed by atoms with E-state index < -0.39 is 5.82 Å². The molecule has 0 saturated heterocycles. The molecule has 0 unspecified atom stereocenters. The van der Waals surface area contributed by atoms with Crippen LogP contribution in [0.2, 0.25) is 0 Å². The van der Waals surface area contributed by atoms with Gasteiger partial charge in [0.15, 0.2) is 0 Å². The molecule has 4 nitrogen and oxygen atoms in total. The average molecular weight is 291 g/mol. The predicted octanol–water partition coefficient (Wildman–Crippen LogP) is 3.11. The van der Waals surface area contributed by atoms with Crippen LogP contribution in [0.25, 0.3) is 22.3 Å². The number of nitrogens with zero attached hydrogens (tertiary/aromatic N) is 2. The molecule has 1 aromatic heterocycles. The van der Waals surface area contributed by atoms with Gasteiger partial charge in [0.2, 0.25) is 0 Å². The number of hydrogen-bond acceptors (Lipinski definition) is 3. The molecule has 22 heavy (non-hydrogen) atoms. The molecule has 0 fully saturated rings. The fraction of sp³-hybridized carbons (Fsp3) is 0. The van der Waals surface area contributed by atoms with Crippen LogP contribution in [0.1, 0.15) is 5.56 Å². The minimum absolute atomic E-state index is 0.00341. The summed E-state index contributed by atoms with van der Waals surface area (Å²) < 4.78 is 13.7. The van der Waals surface area contributed by atoms with Crippen molar-refractivity contribution < 1.29 is 4.39 Å². The van der Waals surface area contributed by atoms with E-state index >= 15 is 0 Å². The zero-order chi connectivity index (χ0) is 15.5. The molecule has 2 aromatic carbocycles. The fourth-order valence-corrected chi connectivity index (χ4v) is 2.28. The molecule has 106 valence electrons. The molecule has 0 saturated carbocycles. The van der Waals surface area contributed by atoms with E-state index in [-0.39, 0.29) is 11.1 Å². The van der Waals surface area contributed by atoms with Crippen LogP contribution in [-0.2, 0) is 0 Å². The molecular formula is C17H10FN3O. The fourth-order valence-electron chi connectivity index (χ4n) is 2.28. The third-order valence-electron chi connectivity index (χ3n) is 3.30. The first-order valence-corrected chi connectivity index (χ1v) is 6.53. The van der Waals surface area contributed by atoms with Gasteiger partial charge in [-0.25, -0.2) is 9.49 Å². The van der Waals surface area contributed by atoms with E-state index in [1.54, 1.807) is 30.3 Å². The lowest BCUT2D eigenvalue weighted by molar-refractivity contribution is 0.624. The third-order valence-corrected chi connectivity index (χ3v) is 3.30. The van der Waals surface area contributed by atoms with Crippen molar-refractivity contribution in [3.8, 4) is 28.3 Å². The summed E-state index contributed by atoms with van der Waals surface area (Å²) in [6.45, 7) is 0. The standard InChI is InChI=1S/C17H10FN3O/c18-16-6-2-5-14(15(16)9-19)12-4-1-3-11(7-12)13-8-17(22)21-20-10-13/h1-8,10H,(H,21,22). The van der Waals surface area contributed by atoms with Crippen LogP contribution in [0.4, 0.5) is 4.39 Å². The monoisotopic (exact) mass is 291 g/mol. The molecular weight excluding hydrogens is 281 g/mol. The van der Waals surface area contributed by atoms with Crippen LogP contribution in [-0.4, -0.2) is 10.2 Å². The summed E-state index contributed by atoms with van der Waals surface area (Å²) in [5.41, 5.74) is 2.34. The van der Waals surface area contributed by atoms with Crippen molar-refractivity contribution in [2.45, 2.75) is 0 Å². The molecule has 0 aliphatic rings. The van der Waals surface area contributed by atoms with Crippen LogP contribution in [0, 0.1) is 17.1 Å². The van der Waals surface area contributed by atoms with E-state index in [0.717, 1.165) is 5.56 Å². The summed E-state index contributed by atoms with van der Waals surface area (Å²) in [5, 5.41) is 15.2. The Labute approximate surface area is 125 Å². The van der Waals surface area contributed by atoms with Crippen molar-refractivity contribution in [3.63, 3.8) is 0 Å². The normalized spacial score (nSPS) is 10.2. The van der Waals surface area contributed by atoms with Gasteiger partial charge in [-0.2, -0.15) is 10.4 Å². The molecule has 0 atom stereocenters. The zero-order valence-electron chi connectivity index (χ0n) is 11.4. The van der Waals surface area contributed by atoms with Crippen molar-refractivity contribution in [3.05, 3.63) is 76.5 Å². The lowest BCUT2D eigenvalue weighted by atomic mass is 9.96. The van der Waals surface area contributed by atoms with Gasteiger partial charge in [-0.3, -0.25) is 4.79 Å². The Kier molecular flexibility index (Phi) is 3.50. The number of hydrogen-bond donors (Lipinski definition) is 1. The molecule has 0 bridgehead atoms. The summed E-state index contributed by atoms with van der Waals surface area (Å²) in [6.07, 6.45) is 1.54. The largest absolute Gasteiger partial charge is 0.268 e. The number of aromatic amines is 1. The third kappa shape index (κ3) is 2.50. The number of halogens is 1. The summed E-state index contributed by atoms with van der Waals surface area (Å²) in [7, 11) is 0. The number of benzene rings is 2. The van der Waals surface area contributed by atoms with E-state index in [9.17, 15) is 9.18 Å². The summed E-state index contributed by atoms with van der Waals surface area (Å²) in [5.74, 6) is -0.553. The van der Waals surface area contributed by atoms with Crippen LogP contribution < -0.4 is 5.56 Å². The molecule has 0 aliphatic heterocycles. The molecule has 1 N–H and O–H groups in total. The SMILES string of the molecule is N#Cc1c(F)cccc1-c1cccc(-c2cn[nH]c(=O)c2)c1. The molecule has 0 amide bonds. The van der Waals surface area contributed by atoms with Crippen molar-refractivity contribution in [2.75, 3.05) is 0 Å². The van der Waals surface area contributed by atoms with Gasteiger partial charge in [-0.05, 0) is 23.3 Å². The highest BCUT2D eigenvalue weighted by molar-refractivity contribution is 5.76. The minimum atomic E-state index is -0.553. The van der Waals surface area contributed by atoms with Gasteiger partial charge < -0.3 is 0 Å². The number of nitrogens with one attached hydrogen (secondary N) is 1. The predicted molar refractivity (Wildman–Crippen MR) is 80.4 cm³/mol. The van der Waals surface area contributed by atoms with Gasteiger partial charge in [0.05, 0.1) is 11.8 Å². The molecule has 3 rings (SSSR count). The Balaban J connectivity index is 2.16. The van der Waals surface area contributed by atoms with Crippen LogP contribution in [0.3, 0.4) is 0 Å². The van der Waals surface area contributed by atoms with Gasteiger partial charge in [0.25, 0.3) is 5.56 Å². The van der Waals surface area contributed by atoms with E-state index in [1.807, 2.05) is 12.1 Å². The van der Waals surface area contributed by atoms with Crippen LogP contribution >= 0.6 is 0 Å². The summed E-state index contributed by atoms with van der Waals surface area (Å²) >= 11 is 0. The smallest absolute Gasteiger partial charge is 0.264 e. The van der Waals surface area contributed by atoms with Crippen molar-refractivity contribution in [1.82, 2.24) is 10.2 Å². The number of rotatable bonds is 2. The van der Waals surface area contributed by atoms with Gasteiger partial charge in [-0.1, -0.05) is 30.3 Å². The molecule has 0 spiro atoms. The van der Waals surface area contributed by atoms with E-state index in [4.69, 9.17) is 5.26 Å². The lowest BCUT2D eigenvalue weighted by Gasteiger charge is -2.07. The van der Waals surface area contributed by atoms with Crippen LogP contribution in [0.15, 0.2) is 59.5 Å². The number of nitriles is 1. The Bertz CT molecular complexity index is 941. The molecule has 0 radical (unpaired) electrons. The maximum Gasteiger partial charge on any atom is 0.264 e. The molecule has 1 heterocycles. The second kappa shape index (κ2) is 5.62. The first-order chi connectivity index (χ1) is 10.7. The molecule has 0 aliphatic carbocycles. The molecule has 5 heteroatoms. The maximum absolute atomic E-state index is 13.7. The van der Waals surface area contributed by atoms with Crippen molar-refractivity contribution in [1.29, 1.82) is 5.26 Å². The number of aromatic nitrogens is 2. The minimum Gasteiger partial charge on any atom is -0.268 e. The Morgan fingerprint density at radius 3 is 2.59 bits per heavy atom. The Morgan fingerprint density at radius 1 is 1.05 bits per heavy atom. The highest BCUT2D eigenvalue weighted by atomic mass is 19.1. The van der Waals surface area contributed by atoms with Crippen LogP contribution in [0.5, 0.6) is 0 Å². The zero-order valence-corrected chi connectivity index (χ0v) is 11.4. The summed E-state index contributed by atoms with van der Waals surface area (Å²) in [4.78, 5) is 11.4. The topological polar surface area (TPSA) is 69.5 Å². The highest BCUT2D eigenvalue weighted by Gasteiger charge is 2.10. The summed E-state index contributed by atoms with van der Waals surface area (Å²) in [6, 6.07) is 15.0. The van der Waals surface area contributed by atoms with E-state index in [2.05, 4.69) is 10.2 Å². The maximum atomic E-state index is 13.7. The van der Waals surface area contributed by atoms with Gasteiger partial charge in [0.1, 0.15) is 11.9 Å². The second-order valence-electron chi connectivity index (χ2n) is 4.69. The first kappa shape index (κ1) is 13.7. The Hall–Kier alpha value is -3.26. The van der Waals surface area contributed by atoms with E-state index in [1.165, 1.54) is 18.3 Å².